The van der Waals surface area contributed by atoms with Crippen molar-refractivity contribution in [2.24, 2.45) is 0 Å². The van der Waals surface area contributed by atoms with E-state index >= 15 is 0 Å². The molecular formula is C12H18N4O. The van der Waals surface area contributed by atoms with Crippen LogP contribution in [0.1, 0.15) is 30.3 Å². The van der Waals surface area contributed by atoms with Gasteiger partial charge in [-0.1, -0.05) is 0 Å². The molecule has 0 spiro atoms. The highest BCUT2D eigenvalue weighted by molar-refractivity contribution is 5.14. The second-order valence-corrected chi connectivity index (χ2v) is 4.92. The van der Waals surface area contributed by atoms with Crippen molar-refractivity contribution in [2.45, 2.75) is 25.3 Å². The molecule has 5 nitrogen and oxygen atoms in total. The first-order valence-corrected chi connectivity index (χ1v) is 6.34. The molecular weight excluding hydrogens is 216 g/mol. The van der Waals surface area contributed by atoms with Crippen molar-refractivity contribution in [1.29, 1.82) is 0 Å². The lowest BCUT2D eigenvalue weighted by molar-refractivity contribution is 0.227. The largest absolute Gasteiger partial charge is 0.314 e. The number of rotatable bonds is 3. The maximum atomic E-state index is 11.6. The summed E-state index contributed by atoms with van der Waals surface area (Å²) in [5.74, 6) is 1.36. The Balaban J connectivity index is 1.74. The molecule has 2 aliphatic rings. The van der Waals surface area contributed by atoms with Gasteiger partial charge in [-0.25, -0.2) is 4.98 Å². The van der Waals surface area contributed by atoms with Crippen molar-refractivity contribution in [3.63, 3.8) is 0 Å². The van der Waals surface area contributed by atoms with E-state index in [1.54, 1.807) is 6.07 Å². The van der Waals surface area contributed by atoms with Gasteiger partial charge < -0.3 is 10.3 Å². The fourth-order valence-electron chi connectivity index (χ4n) is 2.27. The Hall–Kier alpha value is -1.20. The molecule has 1 saturated carbocycles. The number of hydrogen-bond acceptors (Lipinski definition) is 4. The van der Waals surface area contributed by atoms with Gasteiger partial charge in [0.15, 0.2) is 0 Å². The van der Waals surface area contributed by atoms with Crippen LogP contribution in [0.15, 0.2) is 10.9 Å². The molecule has 1 aromatic rings. The van der Waals surface area contributed by atoms with Gasteiger partial charge in [0, 0.05) is 38.2 Å². The third kappa shape index (κ3) is 2.73. The molecule has 2 fully saturated rings. The quantitative estimate of drug-likeness (QED) is 0.776. The van der Waals surface area contributed by atoms with Crippen LogP contribution in [-0.4, -0.2) is 41.0 Å². The maximum absolute atomic E-state index is 11.6. The normalized spacial score (nSPS) is 21.6. The van der Waals surface area contributed by atoms with Gasteiger partial charge in [-0.15, -0.1) is 0 Å². The van der Waals surface area contributed by atoms with Crippen LogP contribution in [0.5, 0.6) is 0 Å². The van der Waals surface area contributed by atoms with Gasteiger partial charge in [0.2, 0.25) is 0 Å². The van der Waals surface area contributed by atoms with E-state index in [1.807, 2.05) is 0 Å². The lowest BCUT2D eigenvalue weighted by atomic mass is 10.3. The zero-order valence-electron chi connectivity index (χ0n) is 9.91. The summed E-state index contributed by atoms with van der Waals surface area (Å²) in [7, 11) is 0. The number of nitrogens with one attached hydrogen (secondary N) is 2. The van der Waals surface area contributed by atoms with E-state index in [1.165, 1.54) is 12.8 Å². The molecule has 17 heavy (non-hydrogen) atoms. The van der Waals surface area contributed by atoms with Crippen LogP contribution in [0.4, 0.5) is 0 Å². The van der Waals surface area contributed by atoms with Crippen LogP contribution in [-0.2, 0) is 6.54 Å². The first-order valence-electron chi connectivity index (χ1n) is 6.34. The third-order valence-corrected chi connectivity index (χ3v) is 3.39. The Morgan fingerprint density at radius 3 is 2.82 bits per heavy atom. The lowest BCUT2D eigenvalue weighted by Gasteiger charge is -2.26. The van der Waals surface area contributed by atoms with Gasteiger partial charge in [0.05, 0.1) is 12.2 Å². The van der Waals surface area contributed by atoms with Gasteiger partial charge in [-0.3, -0.25) is 9.69 Å². The fourth-order valence-corrected chi connectivity index (χ4v) is 2.27. The Labute approximate surface area is 100 Å². The predicted molar refractivity (Wildman–Crippen MR) is 65.0 cm³/mol. The zero-order chi connectivity index (χ0) is 11.7. The van der Waals surface area contributed by atoms with Gasteiger partial charge >= 0.3 is 0 Å². The van der Waals surface area contributed by atoms with E-state index in [9.17, 15) is 4.79 Å². The second kappa shape index (κ2) is 4.58. The molecule has 2 N–H and O–H groups in total. The summed E-state index contributed by atoms with van der Waals surface area (Å²) in [6, 6.07) is 1.65. The molecule has 0 aromatic carbocycles. The van der Waals surface area contributed by atoms with Crippen molar-refractivity contribution in [2.75, 3.05) is 26.2 Å². The number of aromatic nitrogens is 2. The number of hydrogen-bond donors (Lipinski definition) is 2. The first kappa shape index (κ1) is 10.9. The summed E-state index contributed by atoms with van der Waals surface area (Å²) in [4.78, 5) is 21.3. The van der Waals surface area contributed by atoms with Gasteiger partial charge in [-0.2, -0.15) is 0 Å². The van der Waals surface area contributed by atoms with Crippen molar-refractivity contribution in [3.8, 4) is 0 Å². The average molecular weight is 234 g/mol. The number of nitrogens with zero attached hydrogens (tertiary/aromatic N) is 2. The Kier molecular flexibility index (Phi) is 2.94. The van der Waals surface area contributed by atoms with Crippen LogP contribution >= 0.6 is 0 Å². The minimum atomic E-state index is -0.00738. The lowest BCUT2D eigenvalue weighted by Crippen LogP contribution is -2.43. The summed E-state index contributed by atoms with van der Waals surface area (Å²) in [6.07, 6.45) is 2.37. The SMILES string of the molecule is O=c1cc(C2CC2)nc(CN2CCNCC2)[nH]1. The van der Waals surface area contributed by atoms with Gasteiger partial charge in [-0.05, 0) is 12.8 Å². The minimum Gasteiger partial charge on any atom is -0.314 e. The second-order valence-electron chi connectivity index (χ2n) is 4.92. The van der Waals surface area contributed by atoms with Crippen LogP contribution in [0.3, 0.4) is 0 Å². The van der Waals surface area contributed by atoms with Gasteiger partial charge in [0.25, 0.3) is 5.56 Å². The molecule has 3 rings (SSSR count). The van der Waals surface area contributed by atoms with Crippen molar-refractivity contribution >= 4 is 0 Å². The molecule has 0 radical (unpaired) electrons. The van der Waals surface area contributed by atoms with Crippen LogP contribution < -0.4 is 10.9 Å². The van der Waals surface area contributed by atoms with E-state index in [0.29, 0.717) is 5.92 Å². The van der Waals surface area contributed by atoms with Crippen molar-refractivity contribution in [1.82, 2.24) is 20.2 Å². The molecule has 1 saturated heterocycles. The summed E-state index contributed by atoms with van der Waals surface area (Å²) in [6.45, 7) is 4.85. The van der Waals surface area contributed by atoms with E-state index in [0.717, 1.165) is 44.2 Å². The molecule has 5 heteroatoms. The number of H-pyrrole nitrogens is 1. The molecule has 0 atom stereocenters. The Morgan fingerprint density at radius 2 is 2.12 bits per heavy atom. The summed E-state index contributed by atoms with van der Waals surface area (Å²) >= 11 is 0. The van der Waals surface area contributed by atoms with E-state index in [4.69, 9.17) is 0 Å². The highest BCUT2D eigenvalue weighted by Crippen LogP contribution is 2.38. The zero-order valence-corrected chi connectivity index (χ0v) is 9.91. The van der Waals surface area contributed by atoms with Crippen LogP contribution in [0, 0.1) is 0 Å². The summed E-state index contributed by atoms with van der Waals surface area (Å²) in [5, 5.41) is 3.32. The molecule has 0 unspecified atom stereocenters. The standard InChI is InChI=1S/C12H18N4O/c17-12-7-10(9-1-2-9)14-11(15-12)8-16-5-3-13-4-6-16/h7,9,13H,1-6,8H2,(H,14,15,17). The number of aromatic amines is 1. The van der Waals surface area contributed by atoms with Crippen LogP contribution in [0.2, 0.25) is 0 Å². The molecule has 1 aliphatic carbocycles. The topological polar surface area (TPSA) is 61.0 Å². The van der Waals surface area contributed by atoms with Gasteiger partial charge in [0.1, 0.15) is 5.82 Å². The van der Waals surface area contributed by atoms with Crippen LogP contribution in [0.25, 0.3) is 0 Å². The minimum absolute atomic E-state index is 0.00738. The monoisotopic (exact) mass is 234 g/mol. The molecule has 92 valence electrons. The molecule has 0 amide bonds. The molecule has 0 bridgehead atoms. The highest BCUT2D eigenvalue weighted by atomic mass is 16.1. The smallest absolute Gasteiger partial charge is 0.251 e. The summed E-state index contributed by atoms with van der Waals surface area (Å²) < 4.78 is 0. The molecule has 1 aromatic heterocycles. The summed E-state index contributed by atoms with van der Waals surface area (Å²) in [5.41, 5.74) is 0.978. The number of piperazine rings is 1. The van der Waals surface area contributed by atoms with Crippen molar-refractivity contribution < 1.29 is 0 Å². The van der Waals surface area contributed by atoms with E-state index < -0.39 is 0 Å². The van der Waals surface area contributed by atoms with E-state index in [-0.39, 0.29) is 5.56 Å². The maximum Gasteiger partial charge on any atom is 0.251 e. The fraction of sp³-hybridized carbons (Fsp3) is 0.667. The first-order chi connectivity index (χ1) is 8.31. The predicted octanol–water partition coefficient (Wildman–Crippen LogP) is 0.0525. The third-order valence-electron chi connectivity index (χ3n) is 3.39. The highest BCUT2D eigenvalue weighted by Gasteiger charge is 2.26. The molecule has 2 heterocycles. The Bertz CT molecular complexity index is 446. The van der Waals surface area contributed by atoms with E-state index in [2.05, 4.69) is 20.2 Å². The average Bonchev–Trinajstić information content (AvgIpc) is 3.13. The van der Waals surface area contributed by atoms with Crippen molar-refractivity contribution in [3.05, 3.63) is 27.9 Å². The molecule has 1 aliphatic heterocycles. The Morgan fingerprint density at radius 1 is 1.35 bits per heavy atom.